The van der Waals surface area contributed by atoms with Crippen LogP contribution in [0.5, 0.6) is 0 Å². The zero-order chi connectivity index (χ0) is 26.4. The van der Waals surface area contributed by atoms with Crippen LogP contribution in [0.4, 0.5) is 0 Å². The van der Waals surface area contributed by atoms with Crippen molar-refractivity contribution in [2.75, 3.05) is 5.08 Å². The Bertz CT molecular complexity index is 1170. The minimum Gasteiger partial charge on any atom is -0.477 e. The number of aromatic nitrogens is 5. The quantitative estimate of drug-likeness (QED) is 0.109. The highest BCUT2D eigenvalue weighted by molar-refractivity contribution is 8.27. The summed E-state index contributed by atoms with van der Waals surface area (Å²) in [5.41, 5.74) is 0.526. The van der Waals surface area contributed by atoms with E-state index < -0.39 is 18.0 Å². The molecule has 2 aliphatic rings. The molecule has 3 atom stereocenters. The van der Waals surface area contributed by atoms with Crippen molar-refractivity contribution in [2.24, 2.45) is 5.92 Å². The SMILES string of the molecule is CCCCCCCCCC(=O)O[C@H](C)[C@H]1C(=O)N2C(C(=O)O)=C(SCSc3ccc4nnnn4n3)S[C@H]12. The van der Waals surface area contributed by atoms with Gasteiger partial charge in [0.25, 0.3) is 0 Å². The van der Waals surface area contributed by atoms with Crippen LogP contribution in [0.25, 0.3) is 5.65 Å². The van der Waals surface area contributed by atoms with E-state index >= 15 is 0 Å². The van der Waals surface area contributed by atoms with E-state index in [1.165, 1.54) is 70.5 Å². The number of carbonyl (C=O) groups is 3. The van der Waals surface area contributed by atoms with E-state index in [0.29, 0.717) is 26.4 Å². The number of esters is 1. The van der Waals surface area contributed by atoms with Gasteiger partial charge in [-0.2, -0.15) is 0 Å². The summed E-state index contributed by atoms with van der Waals surface area (Å²) in [7, 11) is 0. The number of carboxylic acids is 1. The van der Waals surface area contributed by atoms with Gasteiger partial charge < -0.3 is 9.84 Å². The Hall–Kier alpha value is -2.32. The topological polar surface area (TPSA) is 140 Å². The highest BCUT2D eigenvalue weighted by Gasteiger charge is 2.58. The molecule has 0 radical (unpaired) electrons. The van der Waals surface area contributed by atoms with Crippen LogP contribution in [0.3, 0.4) is 0 Å². The number of aliphatic carboxylic acids is 1. The number of nitrogens with zero attached hydrogens (tertiary/aromatic N) is 6. The molecule has 0 spiro atoms. The molecule has 2 aromatic heterocycles. The van der Waals surface area contributed by atoms with Gasteiger partial charge in [0.15, 0.2) is 11.3 Å². The molecule has 0 aliphatic carbocycles. The average Bonchev–Trinajstić information content (AvgIpc) is 3.46. The number of carboxylic acid groups (broad SMARTS) is 1. The van der Waals surface area contributed by atoms with E-state index in [-0.39, 0.29) is 22.9 Å². The zero-order valence-electron chi connectivity index (χ0n) is 20.7. The van der Waals surface area contributed by atoms with E-state index in [0.717, 1.165) is 19.3 Å². The molecule has 1 N–H and O–H groups in total. The van der Waals surface area contributed by atoms with Crippen molar-refractivity contribution < 1.29 is 24.2 Å². The highest BCUT2D eigenvalue weighted by atomic mass is 32.2. The number of amides is 1. The van der Waals surface area contributed by atoms with Crippen molar-refractivity contribution >= 4 is 58.8 Å². The fourth-order valence-corrected chi connectivity index (χ4v) is 8.34. The lowest BCUT2D eigenvalue weighted by atomic mass is 9.92. The molecule has 1 amide bonds. The first-order chi connectivity index (χ1) is 17.9. The van der Waals surface area contributed by atoms with Crippen molar-refractivity contribution in [3.63, 3.8) is 0 Å². The van der Waals surface area contributed by atoms with Crippen molar-refractivity contribution in [3.8, 4) is 0 Å². The maximum absolute atomic E-state index is 12.9. The standard InChI is InChI=1S/C23H30N6O5S3/c1-3-4-5-6-7-8-9-10-17(30)34-14(2)18-20(31)28-19(22(32)33)23(37-21(18)28)36-13-35-16-12-11-15-24-26-27-29(15)25-16/h11-12,14,18,21H,3-10,13H2,1-2H3,(H,32,33)/t14-,18+,21-/m1/s1. The van der Waals surface area contributed by atoms with Gasteiger partial charge in [0.1, 0.15) is 22.4 Å². The van der Waals surface area contributed by atoms with Gasteiger partial charge in [0, 0.05) is 6.42 Å². The second kappa shape index (κ2) is 13.0. The molecule has 0 aromatic carbocycles. The van der Waals surface area contributed by atoms with E-state index in [2.05, 4.69) is 27.5 Å². The lowest BCUT2D eigenvalue weighted by Gasteiger charge is -2.44. The van der Waals surface area contributed by atoms with Crippen molar-refractivity contribution in [3.05, 3.63) is 22.1 Å². The van der Waals surface area contributed by atoms with Crippen LogP contribution in [-0.2, 0) is 19.1 Å². The molecule has 2 aliphatic heterocycles. The van der Waals surface area contributed by atoms with E-state index in [1.54, 1.807) is 19.1 Å². The summed E-state index contributed by atoms with van der Waals surface area (Å²) in [6.45, 7) is 3.90. The lowest BCUT2D eigenvalue weighted by Crippen LogP contribution is -2.61. The number of hydrogen-bond acceptors (Lipinski definition) is 11. The molecule has 0 saturated carbocycles. The number of unbranched alkanes of at least 4 members (excludes halogenated alkanes) is 6. The molecular weight excluding hydrogens is 536 g/mol. The summed E-state index contributed by atoms with van der Waals surface area (Å²) in [6.07, 6.45) is 7.48. The van der Waals surface area contributed by atoms with Crippen LogP contribution in [0.2, 0.25) is 0 Å². The van der Waals surface area contributed by atoms with E-state index in [1.807, 2.05) is 0 Å². The molecule has 200 valence electrons. The maximum Gasteiger partial charge on any atom is 0.354 e. The molecule has 4 heterocycles. The first-order valence-corrected chi connectivity index (χ1v) is 15.2. The summed E-state index contributed by atoms with van der Waals surface area (Å²) >= 11 is 4.10. The van der Waals surface area contributed by atoms with E-state index in [9.17, 15) is 19.5 Å². The summed E-state index contributed by atoms with van der Waals surface area (Å²) in [6, 6.07) is 3.54. The number of hydrogen-bond donors (Lipinski definition) is 1. The number of thioether (sulfide) groups is 3. The first kappa shape index (κ1) is 27.7. The molecule has 4 rings (SSSR count). The van der Waals surface area contributed by atoms with Gasteiger partial charge in [-0.15, -0.1) is 26.6 Å². The highest BCUT2D eigenvalue weighted by Crippen LogP contribution is 2.54. The fraction of sp³-hybridized carbons (Fsp3) is 0.609. The largest absolute Gasteiger partial charge is 0.477 e. The normalized spacial score (nSPS) is 19.7. The number of rotatable bonds is 15. The van der Waals surface area contributed by atoms with Gasteiger partial charge in [-0.25, -0.2) is 4.79 Å². The van der Waals surface area contributed by atoms with Crippen LogP contribution >= 0.6 is 35.3 Å². The third-order valence-corrected chi connectivity index (χ3v) is 9.91. The molecule has 0 unspecified atom stereocenters. The second-order valence-electron chi connectivity index (χ2n) is 8.85. The molecule has 37 heavy (non-hydrogen) atoms. The summed E-state index contributed by atoms with van der Waals surface area (Å²) in [5, 5.41) is 26.0. The van der Waals surface area contributed by atoms with Crippen LogP contribution in [-0.4, -0.2) is 69.7 Å². The van der Waals surface area contributed by atoms with Crippen LogP contribution in [0.1, 0.15) is 65.2 Å². The van der Waals surface area contributed by atoms with Gasteiger partial charge in [-0.05, 0) is 35.9 Å². The Morgan fingerprint density at radius 3 is 2.68 bits per heavy atom. The molecule has 2 aromatic rings. The molecule has 1 saturated heterocycles. The van der Waals surface area contributed by atoms with Gasteiger partial charge >= 0.3 is 11.9 Å². The minimum atomic E-state index is -1.15. The smallest absolute Gasteiger partial charge is 0.354 e. The van der Waals surface area contributed by atoms with Crippen LogP contribution in [0.15, 0.2) is 27.1 Å². The molecule has 11 nitrogen and oxygen atoms in total. The first-order valence-electron chi connectivity index (χ1n) is 12.4. The molecule has 1 fully saturated rings. The number of ether oxygens (including phenoxy) is 1. The zero-order valence-corrected chi connectivity index (χ0v) is 23.2. The predicted octanol–water partition coefficient (Wildman–Crippen LogP) is 4.16. The second-order valence-corrected chi connectivity index (χ2v) is 12.6. The summed E-state index contributed by atoms with van der Waals surface area (Å²) in [5.74, 6) is -2.34. The third-order valence-electron chi connectivity index (χ3n) is 6.20. The number of β-lactam (4-membered cyclic amide) rings is 1. The van der Waals surface area contributed by atoms with Crippen molar-refractivity contribution in [1.82, 2.24) is 30.2 Å². The molecule has 14 heteroatoms. The van der Waals surface area contributed by atoms with Gasteiger partial charge in [-0.3, -0.25) is 14.5 Å². The van der Waals surface area contributed by atoms with Crippen molar-refractivity contribution in [1.29, 1.82) is 0 Å². The Morgan fingerprint density at radius 1 is 1.16 bits per heavy atom. The van der Waals surface area contributed by atoms with Gasteiger partial charge in [-0.1, -0.05) is 69.0 Å². The van der Waals surface area contributed by atoms with E-state index in [4.69, 9.17) is 4.74 Å². The molecule has 0 bridgehead atoms. The maximum atomic E-state index is 12.9. The molecular formula is C23H30N6O5S3. The number of tetrazole rings is 1. The monoisotopic (exact) mass is 566 g/mol. The van der Waals surface area contributed by atoms with Gasteiger partial charge in [0.2, 0.25) is 5.91 Å². The third kappa shape index (κ3) is 6.58. The minimum absolute atomic E-state index is 0.00710. The lowest BCUT2D eigenvalue weighted by molar-refractivity contribution is -0.166. The fourth-order valence-electron chi connectivity index (χ4n) is 4.26. The number of fused-ring (bicyclic) bond motifs is 2. The number of carbonyl (C=O) groups excluding carboxylic acids is 2. The average molecular weight is 567 g/mol. The Kier molecular flexibility index (Phi) is 9.71. The van der Waals surface area contributed by atoms with Crippen LogP contribution < -0.4 is 0 Å². The predicted molar refractivity (Wildman–Crippen MR) is 141 cm³/mol. The Morgan fingerprint density at radius 2 is 1.92 bits per heavy atom. The summed E-state index contributed by atoms with van der Waals surface area (Å²) < 4.78 is 7.46. The van der Waals surface area contributed by atoms with Gasteiger partial charge in [0.05, 0.1) is 9.32 Å². The Labute approximate surface area is 227 Å². The van der Waals surface area contributed by atoms with Crippen molar-refractivity contribution in [2.45, 2.75) is 81.7 Å². The van der Waals surface area contributed by atoms with Crippen LogP contribution in [0, 0.1) is 5.92 Å². The Balaban J connectivity index is 1.25. The summed E-state index contributed by atoms with van der Waals surface area (Å²) in [4.78, 5) is 38.5.